The van der Waals surface area contributed by atoms with E-state index in [-0.39, 0.29) is 11.5 Å². The second-order valence-corrected chi connectivity index (χ2v) is 10.4. The van der Waals surface area contributed by atoms with Crippen molar-refractivity contribution in [2.75, 3.05) is 13.1 Å². The van der Waals surface area contributed by atoms with Crippen molar-refractivity contribution in [1.29, 1.82) is 0 Å². The molecule has 29 heavy (non-hydrogen) atoms. The number of carbonyl (C=O) groups excluding carboxylic acids is 1. The first-order chi connectivity index (χ1) is 13.8. The highest BCUT2D eigenvalue weighted by Crippen LogP contribution is 2.39. The van der Waals surface area contributed by atoms with Crippen molar-refractivity contribution in [3.05, 3.63) is 51.9 Å². The first-order valence-electron chi connectivity index (χ1n) is 9.62. The fourth-order valence-electron chi connectivity index (χ4n) is 3.31. The summed E-state index contributed by atoms with van der Waals surface area (Å²) in [7, 11) is 0. The number of likely N-dealkylation sites (tertiary alicyclic amines) is 1. The SMILES string of the molecule is CC(C)(C)c1nnc2sc(S[C@H](C(=O)N3CCCC3)c3ccccc3)nn2c1=O. The molecule has 1 amide bonds. The number of carbonyl (C=O) groups is 1. The number of thioether (sulfide) groups is 1. The fraction of sp³-hybridized carbons (Fsp3) is 0.450. The van der Waals surface area contributed by atoms with Gasteiger partial charge in [0.1, 0.15) is 10.9 Å². The third kappa shape index (κ3) is 4.06. The summed E-state index contributed by atoms with van der Waals surface area (Å²) in [6.45, 7) is 7.36. The van der Waals surface area contributed by atoms with Crippen LogP contribution in [0.1, 0.15) is 50.1 Å². The number of hydrogen-bond donors (Lipinski definition) is 0. The summed E-state index contributed by atoms with van der Waals surface area (Å²) in [5.74, 6) is 0.0896. The Bertz CT molecular complexity index is 1080. The summed E-state index contributed by atoms with van der Waals surface area (Å²) >= 11 is 2.66. The molecule has 0 radical (unpaired) electrons. The van der Waals surface area contributed by atoms with Gasteiger partial charge in [-0.3, -0.25) is 9.59 Å². The van der Waals surface area contributed by atoms with Gasteiger partial charge in [0.2, 0.25) is 10.9 Å². The predicted octanol–water partition coefficient (Wildman–Crippen LogP) is 3.30. The lowest BCUT2D eigenvalue weighted by molar-refractivity contribution is -0.129. The highest BCUT2D eigenvalue weighted by atomic mass is 32.2. The normalized spacial score (nSPS) is 15.8. The highest BCUT2D eigenvalue weighted by molar-refractivity contribution is 8.02. The average molecular weight is 430 g/mol. The predicted molar refractivity (Wildman–Crippen MR) is 114 cm³/mol. The van der Waals surface area contributed by atoms with Gasteiger partial charge >= 0.3 is 0 Å². The van der Waals surface area contributed by atoms with Crippen molar-refractivity contribution >= 4 is 34.0 Å². The van der Waals surface area contributed by atoms with Crippen LogP contribution in [0.25, 0.3) is 4.96 Å². The van der Waals surface area contributed by atoms with E-state index in [4.69, 9.17) is 0 Å². The van der Waals surface area contributed by atoms with Crippen LogP contribution in [0.15, 0.2) is 39.5 Å². The zero-order chi connectivity index (χ0) is 20.6. The summed E-state index contributed by atoms with van der Waals surface area (Å²) in [4.78, 5) is 28.4. The van der Waals surface area contributed by atoms with E-state index >= 15 is 0 Å². The monoisotopic (exact) mass is 429 g/mol. The van der Waals surface area contributed by atoms with Gasteiger partial charge < -0.3 is 4.90 Å². The van der Waals surface area contributed by atoms with E-state index in [1.807, 2.05) is 56.0 Å². The molecule has 1 aliphatic rings. The van der Waals surface area contributed by atoms with Crippen LogP contribution in [0.3, 0.4) is 0 Å². The number of aromatic nitrogens is 4. The van der Waals surface area contributed by atoms with Gasteiger partial charge in [-0.15, -0.1) is 15.3 Å². The lowest BCUT2D eigenvalue weighted by Crippen LogP contribution is -2.31. The molecule has 1 saturated heterocycles. The maximum absolute atomic E-state index is 13.2. The largest absolute Gasteiger partial charge is 0.341 e. The van der Waals surface area contributed by atoms with Crippen LogP contribution in [-0.4, -0.2) is 43.7 Å². The second-order valence-electron chi connectivity index (χ2n) is 8.11. The third-order valence-electron chi connectivity index (χ3n) is 4.85. The van der Waals surface area contributed by atoms with Gasteiger partial charge in [0.25, 0.3) is 5.56 Å². The Morgan fingerprint density at radius 3 is 2.48 bits per heavy atom. The van der Waals surface area contributed by atoms with Crippen molar-refractivity contribution < 1.29 is 4.79 Å². The molecule has 1 aromatic carbocycles. The van der Waals surface area contributed by atoms with E-state index in [0.717, 1.165) is 31.5 Å². The highest BCUT2D eigenvalue weighted by Gasteiger charge is 2.30. The molecule has 0 bridgehead atoms. The van der Waals surface area contributed by atoms with Gasteiger partial charge in [0.15, 0.2) is 4.34 Å². The Morgan fingerprint density at radius 2 is 1.83 bits per heavy atom. The van der Waals surface area contributed by atoms with Gasteiger partial charge in [-0.2, -0.15) is 4.52 Å². The van der Waals surface area contributed by atoms with Crippen molar-refractivity contribution in [3.8, 4) is 0 Å². The Balaban J connectivity index is 1.70. The number of fused-ring (bicyclic) bond motifs is 1. The van der Waals surface area contributed by atoms with Crippen LogP contribution in [0.2, 0.25) is 0 Å². The molecule has 3 heterocycles. The van der Waals surface area contributed by atoms with Crippen LogP contribution in [0.5, 0.6) is 0 Å². The molecule has 2 aromatic heterocycles. The number of amides is 1. The molecule has 9 heteroatoms. The molecule has 0 aliphatic carbocycles. The second kappa shape index (κ2) is 7.87. The van der Waals surface area contributed by atoms with Crippen LogP contribution >= 0.6 is 23.1 Å². The van der Waals surface area contributed by atoms with Gasteiger partial charge in [0, 0.05) is 18.5 Å². The molecular formula is C20H23N5O2S2. The van der Waals surface area contributed by atoms with E-state index in [2.05, 4.69) is 15.3 Å². The molecule has 3 aromatic rings. The van der Waals surface area contributed by atoms with Crippen molar-refractivity contribution in [1.82, 2.24) is 24.7 Å². The molecule has 7 nitrogen and oxygen atoms in total. The van der Waals surface area contributed by atoms with Crippen LogP contribution in [0.4, 0.5) is 0 Å². The van der Waals surface area contributed by atoms with E-state index < -0.39 is 10.7 Å². The summed E-state index contributed by atoms with van der Waals surface area (Å²) in [5.41, 5.74) is 0.639. The molecular weight excluding hydrogens is 406 g/mol. The quantitative estimate of drug-likeness (QED) is 0.592. The standard InChI is InChI=1S/C20H23N5O2S2/c1-20(2,3)15-17(27)25-18(22-21-15)29-19(23-25)28-14(13-9-5-4-6-10-13)16(26)24-11-7-8-12-24/h4-6,9-10,14H,7-8,11-12H2,1-3H3/t14-/m0/s1. The summed E-state index contributed by atoms with van der Waals surface area (Å²) < 4.78 is 1.94. The number of rotatable bonds is 4. The molecule has 1 aliphatic heterocycles. The molecule has 1 fully saturated rings. The zero-order valence-corrected chi connectivity index (χ0v) is 18.3. The molecule has 0 spiro atoms. The number of nitrogens with zero attached hydrogens (tertiary/aromatic N) is 5. The lowest BCUT2D eigenvalue weighted by Gasteiger charge is -2.22. The van der Waals surface area contributed by atoms with Crippen molar-refractivity contribution in [2.45, 2.75) is 48.6 Å². The van der Waals surface area contributed by atoms with E-state index in [1.54, 1.807) is 0 Å². The van der Waals surface area contributed by atoms with Crippen LogP contribution in [-0.2, 0) is 10.2 Å². The topological polar surface area (TPSA) is 80.5 Å². The zero-order valence-electron chi connectivity index (χ0n) is 16.7. The Kier molecular flexibility index (Phi) is 5.44. The molecule has 0 N–H and O–H groups in total. The van der Waals surface area contributed by atoms with Crippen molar-refractivity contribution in [2.24, 2.45) is 0 Å². The smallest absolute Gasteiger partial charge is 0.297 e. The first-order valence-corrected chi connectivity index (χ1v) is 11.3. The van der Waals surface area contributed by atoms with E-state index in [0.29, 0.717) is 15.0 Å². The Morgan fingerprint density at radius 1 is 1.14 bits per heavy atom. The Labute approximate surface area is 177 Å². The number of hydrogen-bond acceptors (Lipinski definition) is 7. The summed E-state index contributed by atoms with van der Waals surface area (Å²) in [6, 6.07) is 9.73. The van der Waals surface area contributed by atoms with Crippen molar-refractivity contribution in [3.63, 3.8) is 0 Å². The Hall–Kier alpha value is -2.26. The van der Waals surface area contributed by atoms with Gasteiger partial charge in [-0.25, -0.2) is 0 Å². The minimum atomic E-state index is -0.416. The van der Waals surface area contributed by atoms with Gasteiger partial charge in [0.05, 0.1) is 0 Å². The molecule has 0 saturated carbocycles. The van der Waals surface area contributed by atoms with Gasteiger partial charge in [-0.1, -0.05) is 74.2 Å². The maximum Gasteiger partial charge on any atom is 0.297 e. The molecule has 1 atom stereocenters. The van der Waals surface area contributed by atoms with E-state index in [1.165, 1.54) is 27.6 Å². The van der Waals surface area contributed by atoms with E-state index in [9.17, 15) is 9.59 Å². The van der Waals surface area contributed by atoms with Gasteiger partial charge in [-0.05, 0) is 18.4 Å². The summed E-state index contributed by atoms with van der Waals surface area (Å²) in [6.07, 6.45) is 2.08. The average Bonchev–Trinajstić information content (AvgIpc) is 3.36. The third-order valence-corrected chi connectivity index (χ3v) is 7.07. The van der Waals surface area contributed by atoms with Crippen LogP contribution in [0, 0.1) is 0 Å². The summed E-state index contributed by atoms with van der Waals surface area (Å²) in [5, 5.41) is 12.4. The molecule has 4 rings (SSSR count). The molecule has 152 valence electrons. The molecule has 0 unspecified atom stereocenters. The number of benzene rings is 1. The fourth-order valence-corrected chi connectivity index (χ4v) is 5.46. The minimum absolute atomic E-state index is 0.0896. The lowest BCUT2D eigenvalue weighted by atomic mass is 9.93. The maximum atomic E-state index is 13.2. The first kappa shape index (κ1) is 20.0. The van der Waals surface area contributed by atoms with Crippen LogP contribution < -0.4 is 5.56 Å². The minimum Gasteiger partial charge on any atom is -0.341 e.